The molecule has 3 aliphatic rings. The molecule has 2 aromatic rings. The predicted octanol–water partition coefficient (Wildman–Crippen LogP) is 4.14. The molecule has 2 N–H and O–H groups in total. The van der Waals surface area contributed by atoms with Gasteiger partial charge in [0.05, 0.1) is 23.3 Å². The van der Waals surface area contributed by atoms with Gasteiger partial charge in [0.1, 0.15) is 18.0 Å². The fourth-order valence-corrected chi connectivity index (χ4v) is 6.20. The lowest BCUT2D eigenvalue weighted by atomic mass is 9.88. The highest BCUT2D eigenvalue weighted by atomic mass is 19.4. The second kappa shape index (κ2) is 9.75. The SMILES string of the molecule is C[C@@H]1C[C@H](O)c2ncnc(N3CCN(C(=O)[C@@H](c4ccc(C(F)(F)F)c(F)c4)[C@@H]4CCC(C)(C)N4)CC3)c21. The molecule has 2 fully saturated rings. The molecule has 5 rings (SSSR count). The van der Waals surface area contributed by atoms with Crippen molar-refractivity contribution in [2.24, 2.45) is 0 Å². The van der Waals surface area contributed by atoms with Crippen LogP contribution in [-0.2, 0) is 11.0 Å². The number of nitrogens with zero attached hydrogens (tertiary/aromatic N) is 4. The molecule has 38 heavy (non-hydrogen) atoms. The average Bonchev–Trinajstić information content (AvgIpc) is 3.36. The molecule has 0 saturated carbocycles. The Morgan fingerprint density at radius 3 is 2.50 bits per heavy atom. The number of anilines is 1. The van der Waals surface area contributed by atoms with E-state index < -0.39 is 29.6 Å². The molecule has 7 nitrogen and oxygen atoms in total. The quantitative estimate of drug-likeness (QED) is 0.573. The average molecular weight is 536 g/mol. The van der Waals surface area contributed by atoms with Crippen molar-refractivity contribution in [2.45, 2.75) is 75.7 Å². The summed E-state index contributed by atoms with van der Waals surface area (Å²) in [5, 5.41) is 13.8. The number of nitrogens with one attached hydrogen (secondary N) is 1. The number of amides is 1. The number of aromatic nitrogens is 2. The number of halogens is 4. The van der Waals surface area contributed by atoms with Gasteiger partial charge in [-0.05, 0) is 56.7 Å². The van der Waals surface area contributed by atoms with Gasteiger partial charge in [-0.3, -0.25) is 4.79 Å². The van der Waals surface area contributed by atoms with Gasteiger partial charge < -0.3 is 20.2 Å². The van der Waals surface area contributed by atoms with Crippen LogP contribution in [0.25, 0.3) is 0 Å². The number of benzene rings is 1. The fraction of sp³-hybridized carbons (Fsp3) is 0.593. The van der Waals surface area contributed by atoms with Gasteiger partial charge in [0, 0.05) is 43.3 Å². The minimum absolute atomic E-state index is 0.117. The molecule has 2 saturated heterocycles. The van der Waals surface area contributed by atoms with Crippen molar-refractivity contribution in [3.05, 3.63) is 52.7 Å². The lowest BCUT2D eigenvalue weighted by Crippen LogP contribution is -2.53. The first kappa shape index (κ1) is 26.8. The van der Waals surface area contributed by atoms with Gasteiger partial charge in [-0.1, -0.05) is 13.0 Å². The Hall–Kier alpha value is -2.79. The van der Waals surface area contributed by atoms with E-state index in [4.69, 9.17) is 0 Å². The van der Waals surface area contributed by atoms with E-state index in [1.807, 2.05) is 20.8 Å². The van der Waals surface area contributed by atoms with E-state index in [0.29, 0.717) is 44.7 Å². The number of alkyl halides is 3. The third kappa shape index (κ3) is 4.98. The number of carbonyl (C=O) groups excluding carboxylic acids is 1. The van der Waals surface area contributed by atoms with Gasteiger partial charge in [-0.2, -0.15) is 13.2 Å². The Morgan fingerprint density at radius 1 is 1.18 bits per heavy atom. The minimum Gasteiger partial charge on any atom is -0.387 e. The van der Waals surface area contributed by atoms with Crippen LogP contribution < -0.4 is 10.2 Å². The highest BCUT2D eigenvalue weighted by Gasteiger charge is 2.42. The van der Waals surface area contributed by atoms with Crippen LogP contribution >= 0.6 is 0 Å². The van der Waals surface area contributed by atoms with Crippen molar-refractivity contribution in [1.29, 1.82) is 0 Å². The molecule has 0 radical (unpaired) electrons. The van der Waals surface area contributed by atoms with E-state index in [9.17, 15) is 27.5 Å². The standard InChI is InChI=1S/C27H33F4N5O2/c1-15-12-20(37)23-21(15)24(33-14-32-23)35-8-10-36(11-9-35)25(38)22(19-6-7-26(2,3)34-19)16-4-5-17(18(28)13-16)27(29,30)31/h4-5,13-15,19-20,22,34,37H,6-12H2,1-3H3/t15-,19+,20+,22+/m1/s1. The third-order valence-corrected chi connectivity index (χ3v) is 8.15. The molecule has 1 aliphatic carbocycles. The van der Waals surface area contributed by atoms with E-state index in [2.05, 4.69) is 20.2 Å². The van der Waals surface area contributed by atoms with Crippen molar-refractivity contribution in [3.63, 3.8) is 0 Å². The van der Waals surface area contributed by atoms with Crippen molar-refractivity contribution in [3.8, 4) is 0 Å². The maximum atomic E-state index is 14.6. The third-order valence-electron chi connectivity index (χ3n) is 8.15. The van der Waals surface area contributed by atoms with Gasteiger partial charge in [0.15, 0.2) is 0 Å². The fourth-order valence-electron chi connectivity index (χ4n) is 6.20. The Kier molecular flexibility index (Phi) is 6.88. The summed E-state index contributed by atoms with van der Waals surface area (Å²) in [6.07, 6.45) is -1.93. The smallest absolute Gasteiger partial charge is 0.387 e. The molecule has 3 heterocycles. The van der Waals surface area contributed by atoms with Crippen LogP contribution in [0.15, 0.2) is 24.5 Å². The molecule has 11 heteroatoms. The molecule has 0 bridgehead atoms. The zero-order valence-corrected chi connectivity index (χ0v) is 21.7. The number of aliphatic hydroxyl groups excluding tert-OH is 1. The van der Waals surface area contributed by atoms with Crippen LogP contribution in [0.3, 0.4) is 0 Å². The van der Waals surface area contributed by atoms with Gasteiger partial charge in [-0.15, -0.1) is 0 Å². The molecule has 1 aromatic carbocycles. The van der Waals surface area contributed by atoms with Crippen LogP contribution in [0.5, 0.6) is 0 Å². The summed E-state index contributed by atoms with van der Waals surface area (Å²) in [5.41, 5.74) is 0.267. The van der Waals surface area contributed by atoms with Crippen LogP contribution in [0.1, 0.15) is 80.4 Å². The first-order chi connectivity index (χ1) is 17.9. The number of hydrogen-bond donors (Lipinski definition) is 2. The van der Waals surface area contributed by atoms with Gasteiger partial charge in [0.2, 0.25) is 5.91 Å². The molecular weight excluding hydrogens is 502 g/mol. The summed E-state index contributed by atoms with van der Waals surface area (Å²) < 4.78 is 54.1. The van der Waals surface area contributed by atoms with E-state index in [1.165, 1.54) is 12.4 Å². The van der Waals surface area contributed by atoms with Crippen molar-refractivity contribution in [2.75, 3.05) is 31.1 Å². The summed E-state index contributed by atoms with van der Waals surface area (Å²) in [4.78, 5) is 26.4. The summed E-state index contributed by atoms with van der Waals surface area (Å²) in [6, 6.07) is 2.51. The van der Waals surface area contributed by atoms with E-state index >= 15 is 0 Å². The number of fused-ring (bicyclic) bond motifs is 1. The number of rotatable bonds is 4. The predicted molar refractivity (Wildman–Crippen MR) is 133 cm³/mol. The highest BCUT2D eigenvalue weighted by molar-refractivity contribution is 5.85. The number of carbonyl (C=O) groups is 1. The number of hydrogen-bond acceptors (Lipinski definition) is 6. The normalized spacial score (nSPS) is 25.9. The number of aliphatic hydroxyl groups is 1. The Morgan fingerprint density at radius 2 is 1.89 bits per heavy atom. The molecule has 0 spiro atoms. The molecular formula is C27H33F4N5O2. The first-order valence-corrected chi connectivity index (χ1v) is 13.1. The zero-order chi connectivity index (χ0) is 27.4. The molecule has 0 unspecified atom stereocenters. The summed E-state index contributed by atoms with van der Waals surface area (Å²) in [6.45, 7) is 7.86. The maximum Gasteiger partial charge on any atom is 0.419 e. The molecule has 2 aliphatic heterocycles. The lowest BCUT2D eigenvalue weighted by Gasteiger charge is -2.39. The molecule has 1 amide bonds. The second-order valence-corrected chi connectivity index (χ2v) is 11.3. The van der Waals surface area contributed by atoms with Gasteiger partial charge >= 0.3 is 6.18 Å². The minimum atomic E-state index is -4.80. The topological polar surface area (TPSA) is 81.6 Å². The van der Waals surface area contributed by atoms with Crippen molar-refractivity contribution >= 4 is 11.7 Å². The summed E-state index contributed by atoms with van der Waals surface area (Å²) >= 11 is 0. The molecule has 1 aromatic heterocycles. The lowest BCUT2D eigenvalue weighted by molar-refractivity contribution is -0.140. The molecule has 206 valence electrons. The molecule has 4 atom stereocenters. The monoisotopic (exact) mass is 535 g/mol. The Bertz CT molecular complexity index is 1210. The Labute approximate surface area is 219 Å². The largest absolute Gasteiger partial charge is 0.419 e. The summed E-state index contributed by atoms with van der Waals surface area (Å²) in [5.74, 6) is -1.52. The van der Waals surface area contributed by atoms with Gasteiger partial charge in [0.25, 0.3) is 0 Å². The first-order valence-electron chi connectivity index (χ1n) is 13.1. The van der Waals surface area contributed by atoms with E-state index in [0.717, 1.165) is 29.9 Å². The maximum absolute atomic E-state index is 14.6. The zero-order valence-electron chi connectivity index (χ0n) is 21.7. The van der Waals surface area contributed by atoms with Crippen LogP contribution in [0, 0.1) is 5.82 Å². The van der Waals surface area contributed by atoms with Crippen molar-refractivity contribution < 1.29 is 27.5 Å². The number of piperazine rings is 1. The van der Waals surface area contributed by atoms with Crippen LogP contribution in [0.4, 0.5) is 23.4 Å². The van der Waals surface area contributed by atoms with E-state index in [1.54, 1.807) is 4.90 Å². The van der Waals surface area contributed by atoms with Gasteiger partial charge in [-0.25, -0.2) is 14.4 Å². The van der Waals surface area contributed by atoms with Crippen LogP contribution in [0.2, 0.25) is 0 Å². The highest BCUT2D eigenvalue weighted by Crippen LogP contribution is 2.43. The van der Waals surface area contributed by atoms with Crippen molar-refractivity contribution in [1.82, 2.24) is 20.2 Å². The van der Waals surface area contributed by atoms with E-state index in [-0.39, 0.29) is 29.0 Å². The second-order valence-electron chi connectivity index (χ2n) is 11.3. The summed E-state index contributed by atoms with van der Waals surface area (Å²) in [7, 11) is 0. The van der Waals surface area contributed by atoms with Crippen LogP contribution in [-0.4, -0.2) is 63.6 Å². The Balaban J connectivity index is 1.37.